The number of ether oxygens (including phenoxy) is 1. The van der Waals surface area contributed by atoms with Gasteiger partial charge in [0.15, 0.2) is 6.10 Å². The maximum atomic E-state index is 12.7. The van der Waals surface area contributed by atoms with Crippen LogP contribution in [-0.4, -0.2) is 17.9 Å². The monoisotopic (exact) mass is 382 g/mol. The maximum Gasteiger partial charge on any atom is 0.416 e. The summed E-state index contributed by atoms with van der Waals surface area (Å²) >= 11 is 5.74. The summed E-state index contributed by atoms with van der Waals surface area (Å²) in [5.41, 5.74) is -0.302. The highest BCUT2D eigenvalue weighted by molar-refractivity contribution is 6.30. The number of rotatable bonds is 5. The molecule has 0 aliphatic carbocycles. The zero-order valence-electron chi connectivity index (χ0n) is 13.6. The Morgan fingerprint density at radius 3 is 2.38 bits per heavy atom. The predicted octanol–water partition coefficient (Wildman–Crippen LogP) is 5.19. The fourth-order valence-corrected chi connectivity index (χ4v) is 2.22. The maximum absolute atomic E-state index is 12.7. The molecule has 0 heterocycles. The largest absolute Gasteiger partial charge is 0.451 e. The molecule has 1 atom stereocenters. The number of hydrogen-bond donors (Lipinski definition) is 0. The highest BCUT2D eigenvalue weighted by atomic mass is 35.5. The lowest BCUT2D eigenvalue weighted by atomic mass is 10.1. The topological polar surface area (TPSA) is 43.4 Å². The molecule has 0 amide bonds. The molecule has 2 aromatic carbocycles. The van der Waals surface area contributed by atoms with Crippen LogP contribution in [0.15, 0.2) is 54.6 Å². The summed E-state index contributed by atoms with van der Waals surface area (Å²) in [4.78, 5) is 23.9. The van der Waals surface area contributed by atoms with Crippen molar-refractivity contribution in [2.45, 2.75) is 19.2 Å². The number of ketones is 1. The lowest BCUT2D eigenvalue weighted by molar-refractivity contribution is -0.140. The molecule has 0 aliphatic rings. The Bertz CT molecular complexity index is 827. The minimum Gasteiger partial charge on any atom is -0.451 e. The van der Waals surface area contributed by atoms with Gasteiger partial charge < -0.3 is 4.74 Å². The van der Waals surface area contributed by atoms with Gasteiger partial charge >= 0.3 is 12.1 Å². The number of hydrogen-bond acceptors (Lipinski definition) is 3. The molecule has 0 unspecified atom stereocenters. The standard InChI is InChI=1S/C19H14ClF3O3/c1-12(18(25)14-6-8-16(20)9-7-14)26-17(24)10-5-13-3-2-4-15(11-13)19(21,22)23/h2-12H,1H3/b10-5+/t12-/m0/s1. The van der Waals surface area contributed by atoms with Crippen LogP contribution in [0.2, 0.25) is 5.02 Å². The number of carbonyl (C=O) groups excluding carboxylic acids is 2. The Morgan fingerprint density at radius 1 is 1.12 bits per heavy atom. The van der Waals surface area contributed by atoms with E-state index in [1.165, 1.54) is 49.4 Å². The first-order chi connectivity index (χ1) is 12.2. The van der Waals surface area contributed by atoms with Crippen LogP contribution < -0.4 is 0 Å². The summed E-state index contributed by atoms with van der Waals surface area (Å²) in [6.45, 7) is 1.41. The van der Waals surface area contributed by atoms with Gasteiger partial charge in [-0.05, 0) is 55.0 Å². The lowest BCUT2D eigenvalue weighted by Crippen LogP contribution is -2.23. The van der Waals surface area contributed by atoms with Crippen molar-refractivity contribution in [1.29, 1.82) is 0 Å². The van der Waals surface area contributed by atoms with E-state index in [0.717, 1.165) is 18.2 Å². The molecule has 0 saturated heterocycles. The van der Waals surface area contributed by atoms with E-state index >= 15 is 0 Å². The van der Waals surface area contributed by atoms with Gasteiger partial charge in [0.1, 0.15) is 0 Å². The van der Waals surface area contributed by atoms with Gasteiger partial charge in [-0.15, -0.1) is 0 Å². The Morgan fingerprint density at radius 2 is 1.77 bits per heavy atom. The third-order valence-corrected chi connectivity index (χ3v) is 3.67. The van der Waals surface area contributed by atoms with Gasteiger partial charge in [-0.2, -0.15) is 13.2 Å². The van der Waals surface area contributed by atoms with E-state index in [1.807, 2.05) is 0 Å². The molecule has 2 rings (SSSR count). The molecule has 0 N–H and O–H groups in total. The molecule has 7 heteroatoms. The zero-order valence-corrected chi connectivity index (χ0v) is 14.3. The van der Waals surface area contributed by atoms with Crippen molar-refractivity contribution in [2.75, 3.05) is 0 Å². The average molecular weight is 383 g/mol. The third kappa shape index (κ3) is 5.46. The summed E-state index contributed by atoms with van der Waals surface area (Å²) in [5.74, 6) is -1.25. The van der Waals surface area contributed by atoms with Gasteiger partial charge in [0.2, 0.25) is 5.78 Å². The molecule has 26 heavy (non-hydrogen) atoms. The Kier molecular flexibility index (Phi) is 6.21. The second-order valence-corrected chi connectivity index (χ2v) is 5.84. The predicted molar refractivity (Wildman–Crippen MR) is 91.8 cm³/mol. The zero-order chi connectivity index (χ0) is 19.3. The van der Waals surface area contributed by atoms with Crippen molar-refractivity contribution in [3.05, 3.63) is 76.3 Å². The molecular weight excluding hydrogens is 369 g/mol. The van der Waals surface area contributed by atoms with Crippen LogP contribution in [0.5, 0.6) is 0 Å². The second kappa shape index (κ2) is 8.19. The first-order valence-corrected chi connectivity index (χ1v) is 7.90. The van der Waals surface area contributed by atoms with Crippen molar-refractivity contribution < 1.29 is 27.5 Å². The van der Waals surface area contributed by atoms with E-state index < -0.39 is 29.6 Å². The van der Waals surface area contributed by atoms with E-state index in [9.17, 15) is 22.8 Å². The first-order valence-electron chi connectivity index (χ1n) is 7.52. The minimum atomic E-state index is -4.47. The van der Waals surface area contributed by atoms with Gasteiger partial charge in [-0.3, -0.25) is 4.79 Å². The smallest absolute Gasteiger partial charge is 0.416 e. The molecule has 0 radical (unpaired) electrons. The minimum absolute atomic E-state index is 0.188. The van der Waals surface area contributed by atoms with Crippen molar-refractivity contribution in [1.82, 2.24) is 0 Å². The molecule has 0 fully saturated rings. The molecule has 136 valence electrons. The van der Waals surface area contributed by atoms with Gasteiger partial charge in [0.25, 0.3) is 0 Å². The van der Waals surface area contributed by atoms with E-state index in [1.54, 1.807) is 0 Å². The van der Waals surface area contributed by atoms with Crippen LogP contribution in [0.3, 0.4) is 0 Å². The molecule has 3 nitrogen and oxygen atoms in total. The summed E-state index contributed by atoms with van der Waals surface area (Å²) in [6, 6.07) is 10.6. The molecule has 0 aromatic heterocycles. The Balaban J connectivity index is 2.00. The van der Waals surface area contributed by atoms with E-state index in [4.69, 9.17) is 16.3 Å². The quantitative estimate of drug-likeness (QED) is 0.406. The van der Waals surface area contributed by atoms with Crippen LogP contribution in [0, 0.1) is 0 Å². The van der Waals surface area contributed by atoms with E-state index in [-0.39, 0.29) is 5.56 Å². The van der Waals surface area contributed by atoms with E-state index in [0.29, 0.717) is 10.6 Å². The van der Waals surface area contributed by atoms with Gasteiger partial charge in [-0.1, -0.05) is 23.7 Å². The Hall–Kier alpha value is -2.60. The van der Waals surface area contributed by atoms with Crippen molar-refractivity contribution in [3.63, 3.8) is 0 Å². The summed E-state index contributed by atoms with van der Waals surface area (Å²) < 4.78 is 42.9. The molecule has 0 aliphatic heterocycles. The molecule has 0 spiro atoms. The molecule has 0 saturated carbocycles. The van der Waals surface area contributed by atoms with Crippen molar-refractivity contribution in [2.24, 2.45) is 0 Å². The third-order valence-electron chi connectivity index (χ3n) is 3.42. The number of benzene rings is 2. The van der Waals surface area contributed by atoms with Crippen LogP contribution >= 0.6 is 11.6 Å². The Labute approximate surface area is 153 Å². The fraction of sp³-hybridized carbons (Fsp3) is 0.158. The number of alkyl halides is 3. The van der Waals surface area contributed by atoms with Gasteiger partial charge in [-0.25, -0.2) is 4.79 Å². The number of halogens is 4. The van der Waals surface area contributed by atoms with Crippen molar-refractivity contribution in [3.8, 4) is 0 Å². The second-order valence-electron chi connectivity index (χ2n) is 5.41. The normalized spacial score (nSPS) is 12.8. The summed E-state index contributed by atoms with van der Waals surface area (Å²) in [5, 5.41) is 0.468. The molecule has 0 bridgehead atoms. The van der Waals surface area contributed by atoms with E-state index in [2.05, 4.69) is 0 Å². The molecular formula is C19H14ClF3O3. The number of esters is 1. The first kappa shape index (κ1) is 19.7. The summed E-state index contributed by atoms with van der Waals surface area (Å²) in [6.07, 6.45) is -3.35. The summed E-state index contributed by atoms with van der Waals surface area (Å²) in [7, 11) is 0. The number of Topliss-reactive ketones (excluding diaryl/α,β-unsaturated/α-hetero) is 1. The lowest BCUT2D eigenvalue weighted by Gasteiger charge is -2.11. The number of carbonyl (C=O) groups is 2. The van der Waals surface area contributed by atoms with Gasteiger partial charge in [0, 0.05) is 16.7 Å². The fourth-order valence-electron chi connectivity index (χ4n) is 2.10. The molecule has 2 aromatic rings. The van der Waals surface area contributed by atoms with Crippen LogP contribution in [0.25, 0.3) is 6.08 Å². The van der Waals surface area contributed by atoms with Crippen LogP contribution in [0.4, 0.5) is 13.2 Å². The van der Waals surface area contributed by atoms with Crippen LogP contribution in [0.1, 0.15) is 28.4 Å². The highest BCUT2D eigenvalue weighted by Gasteiger charge is 2.30. The van der Waals surface area contributed by atoms with Crippen LogP contribution in [-0.2, 0) is 15.7 Å². The highest BCUT2D eigenvalue weighted by Crippen LogP contribution is 2.29. The van der Waals surface area contributed by atoms with Crippen molar-refractivity contribution >= 4 is 29.4 Å². The average Bonchev–Trinajstić information content (AvgIpc) is 2.59. The van der Waals surface area contributed by atoms with Gasteiger partial charge in [0.05, 0.1) is 5.56 Å². The SMILES string of the molecule is C[C@H](OC(=O)/C=C/c1cccc(C(F)(F)F)c1)C(=O)c1ccc(Cl)cc1.